The van der Waals surface area contributed by atoms with Crippen molar-refractivity contribution in [2.45, 2.75) is 32.6 Å². The molecule has 0 unspecified atom stereocenters. The maximum Gasteiger partial charge on any atom is -0.0136 e. The van der Waals surface area contributed by atoms with Crippen LogP contribution < -0.4 is 0 Å². The molecule has 0 amide bonds. The minimum absolute atomic E-state index is 0.935. The summed E-state index contributed by atoms with van der Waals surface area (Å²) >= 11 is 0. The molecule has 0 aromatic rings. The molecule has 0 N–H and O–H groups in total. The summed E-state index contributed by atoms with van der Waals surface area (Å²) in [5, 5.41) is 0. The summed E-state index contributed by atoms with van der Waals surface area (Å²) in [5.41, 5.74) is 3.49. The van der Waals surface area contributed by atoms with Crippen molar-refractivity contribution in [3.8, 4) is 0 Å². The van der Waals surface area contributed by atoms with Gasteiger partial charge in [0.05, 0.1) is 0 Å². The van der Waals surface area contributed by atoms with Crippen molar-refractivity contribution in [2.24, 2.45) is 5.92 Å². The normalized spacial score (nSPS) is 25.7. The van der Waals surface area contributed by atoms with E-state index in [0.717, 1.165) is 5.92 Å². The van der Waals surface area contributed by atoms with Crippen molar-refractivity contribution in [1.29, 1.82) is 0 Å². The molecule has 2 aliphatic rings. The van der Waals surface area contributed by atoms with Gasteiger partial charge in [0.1, 0.15) is 0 Å². The highest BCUT2D eigenvalue weighted by molar-refractivity contribution is 5.28. The van der Waals surface area contributed by atoms with Gasteiger partial charge in [-0.25, -0.2) is 0 Å². The van der Waals surface area contributed by atoms with Crippen LogP contribution in [0, 0.1) is 5.92 Å². The topological polar surface area (TPSA) is 0 Å². The van der Waals surface area contributed by atoms with Crippen molar-refractivity contribution >= 4 is 0 Å². The molecule has 10 heavy (non-hydrogen) atoms. The molecule has 2 aliphatic carbocycles. The fourth-order valence-corrected chi connectivity index (χ4v) is 2.11. The second-order valence-electron chi connectivity index (χ2n) is 3.60. The standard InChI is InChI=1S/C10H14/c1-8-6-9-4-2-3-5-10(9)7-8/h2-3,8H,4-7H2,1H3. The van der Waals surface area contributed by atoms with Gasteiger partial charge >= 0.3 is 0 Å². The molecule has 0 heteroatoms. The highest BCUT2D eigenvalue weighted by Crippen LogP contribution is 2.37. The Morgan fingerprint density at radius 2 is 1.60 bits per heavy atom. The molecule has 0 saturated carbocycles. The molecule has 0 aromatic carbocycles. The van der Waals surface area contributed by atoms with E-state index in [1.54, 1.807) is 11.1 Å². The molecule has 0 spiro atoms. The lowest BCUT2D eigenvalue weighted by atomic mass is 10.0. The van der Waals surface area contributed by atoms with Gasteiger partial charge in [-0.2, -0.15) is 0 Å². The van der Waals surface area contributed by atoms with Crippen LogP contribution in [0.15, 0.2) is 23.3 Å². The number of hydrogen-bond donors (Lipinski definition) is 0. The molecule has 0 bridgehead atoms. The van der Waals surface area contributed by atoms with E-state index in [1.807, 2.05) is 0 Å². The Balaban J connectivity index is 2.15. The molecule has 0 saturated heterocycles. The van der Waals surface area contributed by atoms with E-state index in [2.05, 4.69) is 19.1 Å². The molecule has 0 fully saturated rings. The van der Waals surface area contributed by atoms with Crippen LogP contribution >= 0.6 is 0 Å². The summed E-state index contributed by atoms with van der Waals surface area (Å²) in [6, 6.07) is 0. The number of rotatable bonds is 0. The smallest absolute Gasteiger partial charge is 0.0136 e. The van der Waals surface area contributed by atoms with Gasteiger partial charge in [-0.1, -0.05) is 30.2 Å². The van der Waals surface area contributed by atoms with E-state index in [0.29, 0.717) is 0 Å². The lowest BCUT2D eigenvalue weighted by molar-refractivity contribution is 0.616. The first-order valence-electron chi connectivity index (χ1n) is 4.21. The second-order valence-corrected chi connectivity index (χ2v) is 3.60. The van der Waals surface area contributed by atoms with Gasteiger partial charge in [0.2, 0.25) is 0 Å². The van der Waals surface area contributed by atoms with Crippen LogP contribution in [0.25, 0.3) is 0 Å². The third kappa shape index (κ3) is 0.920. The Morgan fingerprint density at radius 1 is 1.10 bits per heavy atom. The van der Waals surface area contributed by atoms with Crippen molar-refractivity contribution in [3.05, 3.63) is 23.3 Å². The zero-order valence-electron chi connectivity index (χ0n) is 6.56. The maximum atomic E-state index is 2.36. The summed E-state index contributed by atoms with van der Waals surface area (Å²) in [6.45, 7) is 2.36. The zero-order valence-corrected chi connectivity index (χ0v) is 6.56. The molecule has 0 nitrogen and oxygen atoms in total. The Bertz CT molecular complexity index is 176. The van der Waals surface area contributed by atoms with Crippen molar-refractivity contribution in [3.63, 3.8) is 0 Å². The molecule has 0 aromatic heterocycles. The Labute approximate surface area is 62.6 Å². The Hall–Kier alpha value is -0.520. The van der Waals surface area contributed by atoms with E-state index in [1.165, 1.54) is 25.7 Å². The maximum absolute atomic E-state index is 2.36. The largest absolute Gasteiger partial charge is 0.0841 e. The van der Waals surface area contributed by atoms with Gasteiger partial charge in [-0.15, -0.1) is 0 Å². The van der Waals surface area contributed by atoms with Gasteiger partial charge in [-0.05, 0) is 31.6 Å². The highest BCUT2D eigenvalue weighted by Gasteiger charge is 2.20. The summed E-state index contributed by atoms with van der Waals surface area (Å²) in [7, 11) is 0. The minimum atomic E-state index is 0.935. The average molecular weight is 134 g/mol. The van der Waals surface area contributed by atoms with Crippen LogP contribution in [-0.4, -0.2) is 0 Å². The lowest BCUT2D eigenvalue weighted by Crippen LogP contribution is -1.86. The van der Waals surface area contributed by atoms with E-state index in [4.69, 9.17) is 0 Å². The molecule has 2 rings (SSSR count). The van der Waals surface area contributed by atoms with Gasteiger partial charge in [0.15, 0.2) is 0 Å². The van der Waals surface area contributed by atoms with Crippen molar-refractivity contribution < 1.29 is 0 Å². The first-order chi connectivity index (χ1) is 4.86. The third-order valence-electron chi connectivity index (χ3n) is 2.58. The predicted molar refractivity (Wildman–Crippen MR) is 43.8 cm³/mol. The van der Waals surface area contributed by atoms with Crippen LogP contribution in [0.1, 0.15) is 32.6 Å². The molecular weight excluding hydrogens is 120 g/mol. The predicted octanol–water partition coefficient (Wildman–Crippen LogP) is 3.06. The molecule has 54 valence electrons. The monoisotopic (exact) mass is 134 g/mol. The quantitative estimate of drug-likeness (QED) is 0.447. The Kier molecular flexibility index (Phi) is 1.40. The van der Waals surface area contributed by atoms with Gasteiger partial charge in [0, 0.05) is 0 Å². The van der Waals surface area contributed by atoms with Crippen molar-refractivity contribution in [2.75, 3.05) is 0 Å². The van der Waals surface area contributed by atoms with Crippen LogP contribution in [0.2, 0.25) is 0 Å². The van der Waals surface area contributed by atoms with Crippen LogP contribution in [0.5, 0.6) is 0 Å². The van der Waals surface area contributed by atoms with Crippen molar-refractivity contribution in [1.82, 2.24) is 0 Å². The van der Waals surface area contributed by atoms with Crippen LogP contribution in [-0.2, 0) is 0 Å². The van der Waals surface area contributed by atoms with E-state index >= 15 is 0 Å². The molecule has 0 heterocycles. The second kappa shape index (κ2) is 2.26. The third-order valence-corrected chi connectivity index (χ3v) is 2.58. The van der Waals surface area contributed by atoms with E-state index < -0.39 is 0 Å². The van der Waals surface area contributed by atoms with Gasteiger partial charge in [0.25, 0.3) is 0 Å². The Morgan fingerprint density at radius 3 is 2.10 bits per heavy atom. The zero-order chi connectivity index (χ0) is 6.97. The molecule has 0 radical (unpaired) electrons. The summed E-state index contributed by atoms with van der Waals surface area (Å²) in [6.07, 6.45) is 9.88. The van der Waals surface area contributed by atoms with Gasteiger partial charge in [-0.3, -0.25) is 0 Å². The summed E-state index contributed by atoms with van der Waals surface area (Å²) in [5.74, 6) is 0.935. The summed E-state index contributed by atoms with van der Waals surface area (Å²) < 4.78 is 0. The lowest BCUT2D eigenvalue weighted by Gasteiger charge is -2.06. The fraction of sp³-hybridized carbons (Fsp3) is 0.600. The molecule has 0 atom stereocenters. The number of allylic oxidation sites excluding steroid dienone is 4. The molecular formula is C10H14. The average Bonchev–Trinajstić information content (AvgIpc) is 2.27. The fourth-order valence-electron chi connectivity index (χ4n) is 2.11. The first kappa shape index (κ1) is 6.21. The SMILES string of the molecule is CC1CC2=C(CC=CC2)C1. The van der Waals surface area contributed by atoms with E-state index in [-0.39, 0.29) is 0 Å². The van der Waals surface area contributed by atoms with E-state index in [9.17, 15) is 0 Å². The highest BCUT2D eigenvalue weighted by atomic mass is 14.3. The number of hydrogen-bond acceptors (Lipinski definition) is 0. The van der Waals surface area contributed by atoms with Gasteiger partial charge < -0.3 is 0 Å². The van der Waals surface area contributed by atoms with Crippen LogP contribution in [0.4, 0.5) is 0 Å². The molecule has 0 aliphatic heterocycles. The summed E-state index contributed by atoms with van der Waals surface area (Å²) in [4.78, 5) is 0. The van der Waals surface area contributed by atoms with Crippen LogP contribution in [0.3, 0.4) is 0 Å². The first-order valence-corrected chi connectivity index (χ1v) is 4.21. The minimum Gasteiger partial charge on any atom is -0.0841 e.